The van der Waals surface area contributed by atoms with Crippen molar-refractivity contribution < 1.29 is 38.1 Å². The molecule has 0 fully saturated rings. The molecule has 1 rings (SSSR count). The summed E-state index contributed by atoms with van der Waals surface area (Å²) in [5.74, 6) is -1.85. The molecule has 0 aromatic carbocycles. The molecule has 146 valence electrons. The summed E-state index contributed by atoms with van der Waals surface area (Å²) in [6, 6.07) is 0. The van der Waals surface area contributed by atoms with Crippen LogP contribution in [0.3, 0.4) is 0 Å². The second-order valence-corrected chi connectivity index (χ2v) is 6.29. The molecule has 0 aliphatic carbocycles. The molecule has 8 heteroatoms. The van der Waals surface area contributed by atoms with E-state index in [1.807, 2.05) is 0 Å². The van der Waals surface area contributed by atoms with Gasteiger partial charge in [-0.1, -0.05) is 6.08 Å². The van der Waals surface area contributed by atoms with Gasteiger partial charge in [0, 0.05) is 52.5 Å². The van der Waals surface area contributed by atoms with Gasteiger partial charge in [0.15, 0.2) is 0 Å². The molecule has 1 aliphatic heterocycles. The van der Waals surface area contributed by atoms with E-state index in [-0.39, 0.29) is 19.3 Å². The number of esters is 4. The van der Waals surface area contributed by atoms with Crippen LogP contribution in [0.1, 0.15) is 53.4 Å². The predicted octanol–water partition coefficient (Wildman–Crippen LogP) is 1.84. The third-order valence-electron chi connectivity index (χ3n) is 3.61. The van der Waals surface area contributed by atoms with Gasteiger partial charge in [0.25, 0.3) is 0 Å². The van der Waals surface area contributed by atoms with Crippen LogP contribution in [0, 0.1) is 0 Å². The zero-order valence-electron chi connectivity index (χ0n) is 15.6. The Morgan fingerprint density at radius 1 is 1.04 bits per heavy atom. The standard InChI is InChI=1S/C18H26O8/c1-11(23-12(2)19)8-16(24-13(3)20)10-17(25-14(4)21)9-15-6-5-7-18(22)26-15/h5,7,11,15-17H,6,8-10H2,1-4H3/t11-,15+,16-,17+/m1/s1. The van der Waals surface area contributed by atoms with Gasteiger partial charge in [0.1, 0.15) is 24.4 Å². The van der Waals surface area contributed by atoms with Crippen molar-refractivity contribution in [3.8, 4) is 0 Å². The van der Waals surface area contributed by atoms with Crippen molar-refractivity contribution in [2.45, 2.75) is 77.8 Å². The number of hydrogen-bond acceptors (Lipinski definition) is 8. The van der Waals surface area contributed by atoms with Crippen molar-refractivity contribution >= 4 is 23.9 Å². The number of cyclic esters (lactones) is 1. The highest BCUT2D eigenvalue weighted by atomic mass is 16.6. The van der Waals surface area contributed by atoms with Gasteiger partial charge in [-0.15, -0.1) is 0 Å². The minimum absolute atomic E-state index is 0.211. The largest absolute Gasteiger partial charge is 0.463 e. The van der Waals surface area contributed by atoms with Gasteiger partial charge in [-0.25, -0.2) is 4.79 Å². The fourth-order valence-electron chi connectivity index (χ4n) is 2.85. The van der Waals surface area contributed by atoms with Gasteiger partial charge >= 0.3 is 23.9 Å². The maximum atomic E-state index is 11.4. The minimum atomic E-state index is -0.610. The molecule has 8 nitrogen and oxygen atoms in total. The SMILES string of the molecule is CC(=O)O[C@H](C[C@@H](C[C@@H](C)OC(C)=O)OC(C)=O)C[C@@H]1CC=CC(=O)O1. The first-order valence-corrected chi connectivity index (χ1v) is 8.54. The Bertz CT molecular complexity index is 553. The Hall–Kier alpha value is -2.38. The van der Waals surface area contributed by atoms with E-state index in [4.69, 9.17) is 18.9 Å². The zero-order chi connectivity index (χ0) is 19.7. The monoisotopic (exact) mass is 370 g/mol. The quantitative estimate of drug-likeness (QED) is 0.447. The molecule has 0 amide bonds. The molecule has 0 radical (unpaired) electrons. The molecule has 4 atom stereocenters. The Kier molecular flexibility index (Phi) is 8.81. The van der Waals surface area contributed by atoms with E-state index in [2.05, 4.69) is 0 Å². The molecular weight excluding hydrogens is 344 g/mol. The Morgan fingerprint density at radius 2 is 1.62 bits per heavy atom. The number of ether oxygens (including phenoxy) is 4. The van der Waals surface area contributed by atoms with Crippen molar-refractivity contribution in [1.29, 1.82) is 0 Å². The molecule has 1 heterocycles. The van der Waals surface area contributed by atoms with Crippen LogP contribution in [0.5, 0.6) is 0 Å². The first-order chi connectivity index (χ1) is 12.2. The number of hydrogen-bond donors (Lipinski definition) is 0. The number of rotatable bonds is 9. The van der Waals surface area contributed by atoms with Crippen LogP contribution in [0.25, 0.3) is 0 Å². The second-order valence-electron chi connectivity index (χ2n) is 6.29. The van der Waals surface area contributed by atoms with Gasteiger partial charge in [-0.3, -0.25) is 14.4 Å². The molecule has 0 saturated heterocycles. The van der Waals surface area contributed by atoms with Gasteiger partial charge < -0.3 is 18.9 Å². The van der Waals surface area contributed by atoms with Gasteiger partial charge in [-0.05, 0) is 6.92 Å². The highest BCUT2D eigenvalue weighted by Gasteiger charge is 2.28. The summed E-state index contributed by atoms with van der Waals surface area (Å²) in [5, 5.41) is 0. The van der Waals surface area contributed by atoms with Crippen molar-refractivity contribution in [2.24, 2.45) is 0 Å². The van der Waals surface area contributed by atoms with Crippen LogP contribution in [-0.4, -0.2) is 48.3 Å². The summed E-state index contributed by atoms with van der Waals surface area (Å²) >= 11 is 0. The van der Waals surface area contributed by atoms with Gasteiger partial charge in [-0.2, -0.15) is 0 Å². The summed E-state index contributed by atoms with van der Waals surface area (Å²) < 4.78 is 20.9. The molecule has 0 aromatic heterocycles. The van der Waals surface area contributed by atoms with Crippen molar-refractivity contribution in [3.05, 3.63) is 12.2 Å². The topological polar surface area (TPSA) is 105 Å². The molecule has 0 N–H and O–H groups in total. The van der Waals surface area contributed by atoms with Crippen LogP contribution in [0.15, 0.2) is 12.2 Å². The number of carbonyl (C=O) groups excluding carboxylic acids is 4. The third-order valence-corrected chi connectivity index (χ3v) is 3.61. The maximum absolute atomic E-state index is 11.4. The summed E-state index contributed by atoms with van der Waals surface area (Å²) in [5.41, 5.74) is 0. The Balaban J connectivity index is 2.75. The lowest BCUT2D eigenvalue weighted by molar-refractivity contribution is -0.157. The highest BCUT2D eigenvalue weighted by Crippen LogP contribution is 2.21. The molecule has 0 aromatic rings. The van der Waals surface area contributed by atoms with Crippen molar-refractivity contribution in [2.75, 3.05) is 0 Å². The van der Waals surface area contributed by atoms with E-state index >= 15 is 0 Å². The average Bonchev–Trinajstić information content (AvgIpc) is 2.44. The summed E-state index contributed by atoms with van der Waals surface area (Å²) in [4.78, 5) is 45.2. The molecule has 0 spiro atoms. The van der Waals surface area contributed by atoms with Crippen LogP contribution in [-0.2, 0) is 38.1 Å². The fourth-order valence-corrected chi connectivity index (χ4v) is 2.85. The van der Waals surface area contributed by atoms with E-state index in [1.165, 1.54) is 26.8 Å². The molecule has 26 heavy (non-hydrogen) atoms. The first kappa shape index (κ1) is 21.7. The summed E-state index contributed by atoms with van der Waals surface area (Å²) in [6.07, 6.45) is 2.23. The normalized spacial score (nSPS) is 19.7. The minimum Gasteiger partial charge on any atom is -0.463 e. The van der Waals surface area contributed by atoms with Crippen LogP contribution in [0.4, 0.5) is 0 Å². The van der Waals surface area contributed by atoms with Crippen LogP contribution in [0.2, 0.25) is 0 Å². The predicted molar refractivity (Wildman–Crippen MR) is 89.8 cm³/mol. The van der Waals surface area contributed by atoms with E-state index in [1.54, 1.807) is 13.0 Å². The lowest BCUT2D eigenvalue weighted by Crippen LogP contribution is -2.33. The summed E-state index contributed by atoms with van der Waals surface area (Å²) in [6.45, 7) is 5.54. The lowest BCUT2D eigenvalue weighted by Gasteiger charge is -2.28. The second kappa shape index (κ2) is 10.6. The maximum Gasteiger partial charge on any atom is 0.330 e. The van der Waals surface area contributed by atoms with E-state index in [9.17, 15) is 19.2 Å². The molecule has 0 saturated carbocycles. The summed E-state index contributed by atoms with van der Waals surface area (Å²) in [7, 11) is 0. The molecule has 1 aliphatic rings. The molecule has 0 bridgehead atoms. The molecule has 0 unspecified atom stereocenters. The highest BCUT2D eigenvalue weighted by molar-refractivity contribution is 5.82. The zero-order valence-corrected chi connectivity index (χ0v) is 15.6. The van der Waals surface area contributed by atoms with E-state index in [0.717, 1.165) is 0 Å². The smallest absolute Gasteiger partial charge is 0.330 e. The Morgan fingerprint density at radius 3 is 2.15 bits per heavy atom. The van der Waals surface area contributed by atoms with Gasteiger partial charge in [0.2, 0.25) is 0 Å². The van der Waals surface area contributed by atoms with Crippen molar-refractivity contribution in [1.82, 2.24) is 0 Å². The van der Waals surface area contributed by atoms with E-state index in [0.29, 0.717) is 6.42 Å². The third kappa shape index (κ3) is 9.19. The van der Waals surface area contributed by atoms with E-state index < -0.39 is 48.3 Å². The van der Waals surface area contributed by atoms with Gasteiger partial charge in [0.05, 0.1) is 0 Å². The Labute approximate surface area is 152 Å². The number of carbonyl (C=O) groups is 4. The average molecular weight is 370 g/mol. The van der Waals surface area contributed by atoms with Crippen LogP contribution < -0.4 is 0 Å². The lowest BCUT2D eigenvalue weighted by atomic mass is 9.99. The fraction of sp³-hybridized carbons (Fsp3) is 0.667. The first-order valence-electron chi connectivity index (χ1n) is 8.54. The molecular formula is C18H26O8. The van der Waals surface area contributed by atoms with Crippen LogP contribution >= 0.6 is 0 Å². The van der Waals surface area contributed by atoms with Crippen molar-refractivity contribution in [3.63, 3.8) is 0 Å².